The van der Waals surface area contributed by atoms with Crippen LogP contribution in [0.1, 0.15) is 56.9 Å². The SMILES string of the molecule is O=C(NCCC1CCCC1)C1(c2cccc(F)c2)CCC1. The van der Waals surface area contributed by atoms with Crippen LogP contribution in [0.2, 0.25) is 0 Å². The van der Waals surface area contributed by atoms with E-state index in [4.69, 9.17) is 0 Å². The van der Waals surface area contributed by atoms with Crippen molar-refractivity contribution in [2.75, 3.05) is 6.54 Å². The van der Waals surface area contributed by atoms with Crippen LogP contribution in [-0.4, -0.2) is 12.5 Å². The number of hydrogen-bond acceptors (Lipinski definition) is 1. The monoisotopic (exact) mass is 289 g/mol. The smallest absolute Gasteiger partial charge is 0.230 e. The third kappa shape index (κ3) is 2.97. The van der Waals surface area contributed by atoms with Crippen LogP contribution < -0.4 is 5.32 Å². The van der Waals surface area contributed by atoms with E-state index in [1.165, 1.54) is 37.8 Å². The molecule has 0 bridgehead atoms. The molecule has 3 rings (SSSR count). The summed E-state index contributed by atoms with van der Waals surface area (Å²) in [6.45, 7) is 0.764. The molecule has 3 heteroatoms. The Hall–Kier alpha value is -1.38. The molecule has 0 aliphatic heterocycles. The third-order valence-corrected chi connectivity index (χ3v) is 5.33. The Morgan fingerprint density at radius 3 is 2.62 bits per heavy atom. The van der Waals surface area contributed by atoms with Crippen LogP contribution in [0, 0.1) is 11.7 Å². The maximum atomic E-state index is 13.4. The van der Waals surface area contributed by atoms with Crippen molar-refractivity contribution in [3.8, 4) is 0 Å². The summed E-state index contributed by atoms with van der Waals surface area (Å²) in [7, 11) is 0. The third-order valence-electron chi connectivity index (χ3n) is 5.33. The molecule has 0 unspecified atom stereocenters. The topological polar surface area (TPSA) is 29.1 Å². The van der Waals surface area contributed by atoms with Gasteiger partial charge in [-0.3, -0.25) is 4.79 Å². The van der Waals surface area contributed by atoms with E-state index in [-0.39, 0.29) is 11.7 Å². The molecule has 2 saturated carbocycles. The summed E-state index contributed by atoms with van der Waals surface area (Å²) in [5.74, 6) is 0.631. The number of amides is 1. The first-order chi connectivity index (χ1) is 10.2. The first-order valence-corrected chi connectivity index (χ1v) is 8.25. The zero-order valence-corrected chi connectivity index (χ0v) is 12.5. The molecule has 0 radical (unpaired) electrons. The lowest BCUT2D eigenvalue weighted by Gasteiger charge is -2.40. The lowest BCUT2D eigenvalue weighted by molar-refractivity contribution is -0.129. The predicted octanol–water partition coefficient (Wildman–Crippen LogP) is 3.94. The Balaban J connectivity index is 1.61. The standard InChI is InChI=1S/C18H24FNO/c19-16-8-3-7-15(13-16)18(10-4-11-18)17(21)20-12-9-14-5-1-2-6-14/h3,7-8,13-14H,1-2,4-6,9-12H2,(H,20,21). The van der Waals surface area contributed by atoms with Gasteiger partial charge in [0, 0.05) is 6.54 Å². The van der Waals surface area contributed by atoms with Gasteiger partial charge < -0.3 is 5.32 Å². The van der Waals surface area contributed by atoms with Gasteiger partial charge in [0.25, 0.3) is 0 Å². The molecule has 1 amide bonds. The van der Waals surface area contributed by atoms with Crippen LogP contribution in [0.5, 0.6) is 0 Å². The minimum atomic E-state index is -0.474. The maximum Gasteiger partial charge on any atom is 0.230 e. The fraction of sp³-hybridized carbons (Fsp3) is 0.611. The molecule has 21 heavy (non-hydrogen) atoms. The lowest BCUT2D eigenvalue weighted by Crippen LogP contribution is -2.49. The fourth-order valence-corrected chi connectivity index (χ4v) is 3.82. The zero-order valence-electron chi connectivity index (χ0n) is 12.5. The molecule has 0 heterocycles. The predicted molar refractivity (Wildman–Crippen MR) is 81.5 cm³/mol. The number of hydrogen-bond donors (Lipinski definition) is 1. The Morgan fingerprint density at radius 1 is 1.24 bits per heavy atom. The number of carbonyl (C=O) groups excluding carboxylic acids is 1. The van der Waals surface area contributed by atoms with Crippen molar-refractivity contribution in [2.45, 2.75) is 56.8 Å². The van der Waals surface area contributed by atoms with Crippen molar-refractivity contribution >= 4 is 5.91 Å². The maximum absolute atomic E-state index is 13.4. The second-order valence-corrected chi connectivity index (χ2v) is 6.64. The molecular weight excluding hydrogens is 265 g/mol. The van der Waals surface area contributed by atoms with Crippen molar-refractivity contribution in [3.63, 3.8) is 0 Å². The Bertz CT molecular complexity index is 504. The number of benzene rings is 1. The van der Waals surface area contributed by atoms with Gasteiger partial charge in [-0.25, -0.2) is 4.39 Å². The van der Waals surface area contributed by atoms with Crippen molar-refractivity contribution in [1.82, 2.24) is 5.32 Å². The number of carbonyl (C=O) groups is 1. The molecule has 2 aliphatic rings. The average molecular weight is 289 g/mol. The fourth-order valence-electron chi connectivity index (χ4n) is 3.82. The minimum absolute atomic E-state index is 0.0948. The average Bonchev–Trinajstić information content (AvgIpc) is 2.91. The van der Waals surface area contributed by atoms with Crippen molar-refractivity contribution in [1.29, 1.82) is 0 Å². The van der Waals surface area contributed by atoms with Crippen molar-refractivity contribution in [3.05, 3.63) is 35.6 Å². The van der Waals surface area contributed by atoms with Gasteiger partial charge in [-0.1, -0.05) is 44.2 Å². The molecule has 0 saturated heterocycles. The summed E-state index contributed by atoms with van der Waals surface area (Å²) in [5.41, 5.74) is 0.365. The van der Waals surface area contributed by atoms with Crippen LogP contribution in [0.4, 0.5) is 4.39 Å². The van der Waals surface area contributed by atoms with Gasteiger partial charge in [0.1, 0.15) is 5.82 Å². The molecule has 114 valence electrons. The van der Waals surface area contributed by atoms with Gasteiger partial charge in [-0.15, -0.1) is 0 Å². The van der Waals surface area contributed by atoms with Crippen LogP contribution in [0.3, 0.4) is 0 Å². The lowest BCUT2D eigenvalue weighted by atomic mass is 9.63. The van der Waals surface area contributed by atoms with Gasteiger partial charge >= 0.3 is 0 Å². The zero-order chi connectivity index (χ0) is 14.7. The van der Waals surface area contributed by atoms with E-state index in [9.17, 15) is 9.18 Å². The van der Waals surface area contributed by atoms with Crippen LogP contribution in [-0.2, 0) is 10.2 Å². The molecular formula is C18H24FNO. The van der Waals surface area contributed by atoms with Gasteiger partial charge in [0.2, 0.25) is 5.91 Å². The van der Waals surface area contributed by atoms with E-state index in [2.05, 4.69) is 5.32 Å². The molecule has 0 spiro atoms. The second kappa shape index (κ2) is 6.17. The van der Waals surface area contributed by atoms with Crippen molar-refractivity contribution in [2.24, 2.45) is 5.92 Å². The Labute approximate surface area is 126 Å². The largest absolute Gasteiger partial charge is 0.355 e. The molecule has 0 aromatic heterocycles. The first kappa shape index (κ1) is 14.6. The highest BCUT2D eigenvalue weighted by atomic mass is 19.1. The molecule has 1 aromatic carbocycles. The molecule has 0 atom stereocenters. The highest BCUT2D eigenvalue weighted by Crippen LogP contribution is 2.44. The Kier molecular flexibility index (Phi) is 4.27. The molecule has 2 aliphatic carbocycles. The normalized spacial score (nSPS) is 21.0. The molecule has 2 fully saturated rings. The number of halogens is 1. The summed E-state index contributed by atoms with van der Waals surface area (Å²) in [4.78, 5) is 12.6. The van der Waals surface area contributed by atoms with E-state index in [0.29, 0.717) is 0 Å². The molecule has 1 aromatic rings. The summed E-state index contributed by atoms with van der Waals surface area (Å²) >= 11 is 0. The van der Waals surface area contributed by atoms with Crippen LogP contribution >= 0.6 is 0 Å². The van der Waals surface area contributed by atoms with E-state index >= 15 is 0 Å². The highest BCUT2D eigenvalue weighted by Gasteiger charge is 2.45. The van der Waals surface area contributed by atoms with E-state index in [1.54, 1.807) is 6.07 Å². The van der Waals surface area contributed by atoms with Crippen LogP contribution in [0.25, 0.3) is 0 Å². The summed E-state index contributed by atoms with van der Waals surface area (Å²) in [5, 5.41) is 3.11. The summed E-state index contributed by atoms with van der Waals surface area (Å²) in [6.07, 6.45) is 9.11. The van der Waals surface area contributed by atoms with Gasteiger partial charge in [0.15, 0.2) is 0 Å². The molecule has 1 N–H and O–H groups in total. The van der Waals surface area contributed by atoms with Crippen molar-refractivity contribution < 1.29 is 9.18 Å². The van der Waals surface area contributed by atoms with Gasteiger partial charge in [-0.2, -0.15) is 0 Å². The van der Waals surface area contributed by atoms with E-state index in [0.717, 1.165) is 43.7 Å². The number of nitrogens with one attached hydrogen (secondary N) is 1. The quantitative estimate of drug-likeness (QED) is 0.874. The second-order valence-electron chi connectivity index (χ2n) is 6.64. The van der Waals surface area contributed by atoms with E-state index in [1.807, 2.05) is 6.07 Å². The minimum Gasteiger partial charge on any atom is -0.355 e. The van der Waals surface area contributed by atoms with Gasteiger partial charge in [-0.05, 0) is 42.9 Å². The Morgan fingerprint density at radius 2 is 2.00 bits per heavy atom. The van der Waals surface area contributed by atoms with Crippen LogP contribution in [0.15, 0.2) is 24.3 Å². The van der Waals surface area contributed by atoms with Gasteiger partial charge in [0.05, 0.1) is 5.41 Å². The first-order valence-electron chi connectivity index (χ1n) is 8.25. The molecule has 2 nitrogen and oxygen atoms in total. The highest BCUT2D eigenvalue weighted by molar-refractivity contribution is 5.89. The summed E-state index contributed by atoms with van der Waals surface area (Å²) < 4.78 is 13.4. The number of rotatable bonds is 5. The summed E-state index contributed by atoms with van der Waals surface area (Å²) in [6, 6.07) is 6.55. The van der Waals surface area contributed by atoms with E-state index < -0.39 is 5.41 Å².